The Morgan fingerprint density at radius 1 is 0.750 bits per heavy atom. The zero-order chi connectivity index (χ0) is 39.7. The lowest BCUT2D eigenvalue weighted by molar-refractivity contribution is -0.138. The number of amides is 4. The molecule has 56 heavy (non-hydrogen) atoms. The summed E-state index contributed by atoms with van der Waals surface area (Å²) in [6, 6.07) is 10.2. The van der Waals surface area contributed by atoms with Crippen molar-refractivity contribution >= 4 is 24.0 Å². The summed E-state index contributed by atoms with van der Waals surface area (Å²) >= 11 is 0. The minimum atomic E-state index is -1.28. The SMILES string of the molecule is COC(=O)N[C@H](C(=O)N1CCC[C@H]1c1ncc(-c2ccc3c(c2)Cc2cc(-c4cnc([C@@H]5CCCN5C(=O)[C@@H](NC(=O)O)[C@@H](C)OC)[nH]4)ccc2-3)[nH]1)C(C)OC. The Kier molecular flexibility index (Phi) is 11.1. The number of hydrogen-bond donors (Lipinski definition) is 5. The molecule has 2 aliphatic heterocycles. The average Bonchev–Trinajstić information content (AvgIpc) is 4.06. The van der Waals surface area contributed by atoms with Crippen LogP contribution in [0.1, 0.15) is 74.4 Å². The second kappa shape index (κ2) is 16.2. The molecule has 2 fully saturated rings. The Labute approximate surface area is 324 Å². The van der Waals surface area contributed by atoms with Crippen molar-refractivity contribution in [2.24, 2.45) is 0 Å². The number of carbonyl (C=O) groups excluding carboxylic acids is 3. The van der Waals surface area contributed by atoms with Crippen molar-refractivity contribution in [3.8, 4) is 33.6 Å². The van der Waals surface area contributed by atoms with Gasteiger partial charge in [-0.05, 0) is 91.5 Å². The highest BCUT2D eigenvalue weighted by molar-refractivity contribution is 5.88. The van der Waals surface area contributed by atoms with Crippen LogP contribution in [-0.2, 0) is 30.2 Å². The molecule has 4 aromatic rings. The Morgan fingerprint density at radius 3 is 1.64 bits per heavy atom. The maximum atomic E-state index is 13.7. The van der Waals surface area contributed by atoms with Gasteiger partial charge in [0.05, 0.1) is 55.2 Å². The first kappa shape index (κ1) is 38.5. The third-order valence-electron chi connectivity index (χ3n) is 11.3. The maximum absolute atomic E-state index is 13.7. The lowest BCUT2D eigenvalue weighted by Gasteiger charge is -2.30. The van der Waals surface area contributed by atoms with Crippen molar-refractivity contribution in [3.05, 3.63) is 71.6 Å². The number of aromatic nitrogens is 4. The van der Waals surface area contributed by atoms with E-state index in [9.17, 15) is 24.3 Å². The molecule has 1 aliphatic carbocycles. The van der Waals surface area contributed by atoms with E-state index in [-0.39, 0.29) is 23.9 Å². The molecule has 6 atom stereocenters. The minimum Gasteiger partial charge on any atom is -0.465 e. The van der Waals surface area contributed by atoms with Crippen LogP contribution in [0.15, 0.2) is 48.8 Å². The molecule has 4 heterocycles. The summed E-state index contributed by atoms with van der Waals surface area (Å²) in [4.78, 5) is 70.4. The molecular weight excluding hydrogens is 720 g/mol. The third-order valence-corrected chi connectivity index (χ3v) is 11.3. The Hall–Kier alpha value is -5.74. The molecule has 2 saturated heterocycles. The zero-order valence-corrected chi connectivity index (χ0v) is 32.1. The molecule has 4 amide bonds. The van der Waals surface area contributed by atoms with Crippen LogP contribution in [0.5, 0.6) is 0 Å². The van der Waals surface area contributed by atoms with Gasteiger partial charge in [-0.15, -0.1) is 0 Å². The fourth-order valence-electron chi connectivity index (χ4n) is 8.19. The lowest BCUT2D eigenvalue weighted by Crippen LogP contribution is -2.54. The van der Waals surface area contributed by atoms with Crippen LogP contribution in [0.25, 0.3) is 33.6 Å². The van der Waals surface area contributed by atoms with E-state index in [1.807, 2.05) is 0 Å². The number of nitrogens with one attached hydrogen (secondary N) is 4. The number of nitrogens with zero attached hydrogens (tertiary/aromatic N) is 4. The Morgan fingerprint density at radius 2 is 1.21 bits per heavy atom. The van der Waals surface area contributed by atoms with Crippen molar-refractivity contribution < 1.29 is 38.5 Å². The fourth-order valence-corrected chi connectivity index (χ4v) is 8.19. The predicted octanol–water partition coefficient (Wildman–Crippen LogP) is 4.80. The van der Waals surface area contributed by atoms with Gasteiger partial charge in [0.15, 0.2) is 0 Å². The number of methoxy groups -OCH3 is 3. The van der Waals surface area contributed by atoms with Gasteiger partial charge in [-0.25, -0.2) is 19.6 Å². The predicted molar refractivity (Wildman–Crippen MR) is 204 cm³/mol. The summed E-state index contributed by atoms with van der Waals surface area (Å²) in [7, 11) is 4.20. The van der Waals surface area contributed by atoms with Gasteiger partial charge in [-0.3, -0.25) is 9.59 Å². The number of likely N-dealkylation sites (tertiary alicyclic amines) is 2. The van der Waals surface area contributed by atoms with E-state index in [2.05, 4.69) is 62.0 Å². The molecule has 2 aromatic carbocycles. The van der Waals surface area contributed by atoms with E-state index in [0.717, 1.165) is 53.8 Å². The van der Waals surface area contributed by atoms with Gasteiger partial charge in [-0.2, -0.15) is 0 Å². The molecule has 0 saturated carbocycles. The Balaban J connectivity index is 1.05. The van der Waals surface area contributed by atoms with Crippen molar-refractivity contribution in [1.82, 2.24) is 40.4 Å². The van der Waals surface area contributed by atoms with Crippen LogP contribution >= 0.6 is 0 Å². The zero-order valence-electron chi connectivity index (χ0n) is 32.1. The smallest absolute Gasteiger partial charge is 0.407 e. The number of rotatable bonds is 12. The second-order valence-corrected chi connectivity index (χ2v) is 14.6. The number of aromatic amines is 2. The van der Waals surface area contributed by atoms with Crippen molar-refractivity contribution in [3.63, 3.8) is 0 Å². The highest BCUT2D eigenvalue weighted by Gasteiger charge is 2.40. The quantitative estimate of drug-likeness (QED) is 0.117. The standard InChI is InChI=1S/C40H48N8O8/c1-21(54-3)33(45-39(51)52)37(49)47-14-6-8-31(47)35-41-19-29(43-35)23-10-12-27-25(16-23)18-26-17-24(11-13-28(26)27)30-20-42-36(44-30)32-9-7-15-48(32)38(50)34(22(2)55-4)46-40(53)56-5/h10-13,16-17,19-22,31-34,45H,6-9,14-15,18H2,1-5H3,(H,41,43)(H,42,44)(H,46,53)(H,51,52)/t21-,22?,31+,32+,33+,34+/m1/s1. The van der Waals surface area contributed by atoms with Crippen LogP contribution in [0.3, 0.4) is 0 Å². The molecule has 16 heteroatoms. The van der Waals surface area contributed by atoms with E-state index in [1.165, 1.54) is 38.0 Å². The summed E-state index contributed by atoms with van der Waals surface area (Å²) < 4.78 is 15.5. The number of alkyl carbamates (subject to hydrolysis) is 1. The number of carboxylic acid groups (broad SMARTS) is 1. The number of ether oxygens (including phenoxy) is 3. The number of H-pyrrole nitrogens is 2. The summed E-state index contributed by atoms with van der Waals surface area (Å²) in [5, 5.41) is 14.3. The molecule has 5 N–H and O–H groups in total. The first-order valence-corrected chi connectivity index (χ1v) is 18.9. The molecule has 16 nitrogen and oxygen atoms in total. The van der Waals surface area contributed by atoms with Crippen molar-refractivity contribution in [1.29, 1.82) is 0 Å². The largest absolute Gasteiger partial charge is 0.465 e. The molecule has 0 spiro atoms. The number of benzene rings is 2. The monoisotopic (exact) mass is 768 g/mol. The molecule has 0 bridgehead atoms. The Bertz CT molecular complexity index is 2110. The van der Waals surface area contributed by atoms with E-state index in [4.69, 9.17) is 19.2 Å². The topological polar surface area (TPSA) is 204 Å². The van der Waals surface area contributed by atoms with E-state index in [0.29, 0.717) is 31.2 Å². The third kappa shape index (κ3) is 7.45. The van der Waals surface area contributed by atoms with Crippen molar-refractivity contribution in [2.75, 3.05) is 34.4 Å². The van der Waals surface area contributed by atoms with Gasteiger partial charge in [0.2, 0.25) is 11.8 Å². The van der Waals surface area contributed by atoms with Crippen LogP contribution < -0.4 is 10.6 Å². The first-order chi connectivity index (χ1) is 27.0. The van der Waals surface area contributed by atoms with Crippen LogP contribution in [0.2, 0.25) is 0 Å². The number of imidazole rings is 2. The molecule has 7 rings (SSSR count). The van der Waals surface area contributed by atoms with Crippen LogP contribution in [-0.4, -0.2) is 118 Å². The van der Waals surface area contributed by atoms with Crippen molar-refractivity contribution in [2.45, 2.75) is 82.3 Å². The highest BCUT2D eigenvalue weighted by atomic mass is 16.5. The van der Waals surface area contributed by atoms with Gasteiger partial charge in [0.25, 0.3) is 0 Å². The number of carbonyl (C=O) groups is 4. The number of fused-ring (bicyclic) bond motifs is 3. The maximum Gasteiger partial charge on any atom is 0.407 e. The molecule has 296 valence electrons. The molecule has 3 aliphatic rings. The summed E-state index contributed by atoms with van der Waals surface area (Å²) in [5.74, 6) is 0.754. The van der Waals surface area contributed by atoms with Gasteiger partial charge < -0.3 is 49.7 Å². The molecule has 1 unspecified atom stereocenters. The highest BCUT2D eigenvalue weighted by Crippen LogP contribution is 2.41. The van der Waals surface area contributed by atoms with Gasteiger partial charge >= 0.3 is 12.2 Å². The van der Waals surface area contributed by atoms with Gasteiger partial charge in [-0.1, -0.05) is 24.3 Å². The summed E-state index contributed by atoms with van der Waals surface area (Å²) in [6.07, 6.45) is 4.16. The van der Waals surface area contributed by atoms with Gasteiger partial charge in [0.1, 0.15) is 23.7 Å². The summed E-state index contributed by atoms with van der Waals surface area (Å²) in [6.45, 7) is 4.43. The lowest BCUT2D eigenvalue weighted by atomic mass is 10.0. The van der Waals surface area contributed by atoms with E-state index >= 15 is 0 Å². The first-order valence-electron chi connectivity index (χ1n) is 18.9. The van der Waals surface area contributed by atoms with Gasteiger partial charge in [0, 0.05) is 27.3 Å². The molecular formula is C40H48N8O8. The van der Waals surface area contributed by atoms with E-state index in [1.54, 1.807) is 36.0 Å². The molecule has 2 aromatic heterocycles. The average molecular weight is 769 g/mol. The van der Waals surface area contributed by atoms with Crippen LogP contribution in [0, 0.1) is 0 Å². The summed E-state index contributed by atoms with van der Waals surface area (Å²) in [5.41, 5.74) is 8.34. The second-order valence-electron chi connectivity index (χ2n) is 14.6. The fraction of sp³-hybridized carbons (Fsp3) is 0.450. The van der Waals surface area contributed by atoms with E-state index < -0.39 is 36.5 Å². The minimum absolute atomic E-state index is 0.252. The number of hydrogen-bond acceptors (Lipinski definition) is 9. The normalized spacial score (nSPS) is 19.5. The molecule has 0 radical (unpaired) electrons. The van der Waals surface area contributed by atoms with Crippen LogP contribution in [0.4, 0.5) is 9.59 Å².